The molecule has 7 heteroatoms. The summed E-state index contributed by atoms with van der Waals surface area (Å²) in [5, 5.41) is 6.58. The van der Waals surface area contributed by atoms with E-state index in [2.05, 4.69) is 86.2 Å². The Morgan fingerprint density at radius 3 is 2.21 bits per heavy atom. The monoisotopic (exact) mass is 585 g/mol. The number of rotatable bonds is 3. The van der Waals surface area contributed by atoms with E-state index in [0.29, 0.717) is 0 Å². The topological polar surface area (TPSA) is 56.0 Å². The van der Waals surface area contributed by atoms with Crippen molar-refractivity contribution >= 4 is 86.0 Å². The Bertz CT molecular complexity index is 2280. The van der Waals surface area contributed by atoms with Crippen LogP contribution in [0.1, 0.15) is 0 Å². The van der Waals surface area contributed by atoms with Crippen LogP contribution in [0, 0.1) is 0 Å². The molecule has 1 unspecified atom stereocenters. The Kier molecular flexibility index (Phi) is 5.05. The Labute approximate surface area is 231 Å². The molecule has 0 radical (unpaired) electrons. The van der Waals surface area contributed by atoms with E-state index in [0.717, 1.165) is 65.4 Å². The minimum absolute atomic E-state index is 0.791. The van der Waals surface area contributed by atoms with Gasteiger partial charge in [0.05, 0.1) is 0 Å². The Morgan fingerprint density at radius 2 is 1.33 bits per heavy atom. The van der Waals surface area contributed by atoms with Gasteiger partial charge in [-0.1, -0.05) is 0 Å². The number of pyridine rings is 2. The zero-order chi connectivity index (χ0) is 26.0. The SMILES string of the molecule is [Se]=P(c1ccccc1)(c1ncc2ccccc2n1)c1cncc2c1c1ccccc1n1c3ccccc3nc21. The molecule has 0 saturated heterocycles. The van der Waals surface area contributed by atoms with Crippen molar-refractivity contribution in [2.24, 2.45) is 0 Å². The first kappa shape index (κ1) is 22.7. The average molecular weight is 584 g/mol. The number of imidazole rings is 1. The summed E-state index contributed by atoms with van der Waals surface area (Å²) in [6.45, 7) is 0. The van der Waals surface area contributed by atoms with Crippen LogP contribution in [0.15, 0.2) is 122 Å². The number of nitrogens with zero attached hydrogens (tertiary/aromatic N) is 5. The van der Waals surface area contributed by atoms with Crippen molar-refractivity contribution in [2.45, 2.75) is 0 Å². The second kappa shape index (κ2) is 8.65. The molecule has 0 saturated carbocycles. The Balaban J connectivity index is 1.57. The number of hydrogen-bond donors (Lipinski definition) is 0. The fraction of sp³-hybridized carbons (Fsp3) is 0. The summed E-state index contributed by atoms with van der Waals surface area (Å²) < 4.78 is 2.26. The van der Waals surface area contributed by atoms with E-state index in [1.54, 1.807) is 0 Å². The number of aromatic nitrogens is 5. The molecule has 8 aromatic rings. The first-order chi connectivity index (χ1) is 19.2. The molecule has 0 spiro atoms. The molecule has 0 N–H and O–H groups in total. The molecule has 184 valence electrons. The van der Waals surface area contributed by atoms with Gasteiger partial charge < -0.3 is 0 Å². The molecular formula is C32H20N5PSe. The first-order valence-electron chi connectivity index (χ1n) is 12.7. The van der Waals surface area contributed by atoms with Crippen LogP contribution in [0.25, 0.3) is 49.3 Å². The quantitative estimate of drug-likeness (QED) is 0.156. The van der Waals surface area contributed by atoms with Crippen molar-refractivity contribution in [2.75, 3.05) is 0 Å². The molecule has 0 fully saturated rings. The summed E-state index contributed by atoms with van der Waals surface area (Å²) >= 11 is 3.65. The summed E-state index contributed by atoms with van der Waals surface area (Å²) in [5.74, 6) is 0. The van der Waals surface area contributed by atoms with E-state index in [1.165, 1.54) is 0 Å². The van der Waals surface area contributed by atoms with Crippen LogP contribution in [0.2, 0.25) is 0 Å². The fourth-order valence-electron chi connectivity index (χ4n) is 5.59. The van der Waals surface area contributed by atoms with Gasteiger partial charge in [-0.2, -0.15) is 0 Å². The number of hydrogen-bond acceptors (Lipinski definition) is 4. The second-order valence-corrected chi connectivity index (χ2v) is 15.6. The summed E-state index contributed by atoms with van der Waals surface area (Å²) in [6.07, 6.45) is 5.88. The van der Waals surface area contributed by atoms with Gasteiger partial charge in [0.2, 0.25) is 0 Å². The van der Waals surface area contributed by atoms with Gasteiger partial charge in [0.1, 0.15) is 0 Å². The zero-order valence-electron chi connectivity index (χ0n) is 20.6. The summed E-state index contributed by atoms with van der Waals surface area (Å²) in [7, 11) is 0. The van der Waals surface area contributed by atoms with Gasteiger partial charge in [-0.25, -0.2) is 0 Å². The van der Waals surface area contributed by atoms with Crippen molar-refractivity contribution < 1.29 is 0 Å². The van der Waals surface area contributed by atoms with E-state index in [-0.39, 0.29) is 0 Å². The number of fused-ring (bicyclic) bond motifs is 9. The molecule has 1 atom stereocenters. The molecular weight excluding hydrogens is 564 g/mol. The molecule has 4 heterocycles. The molecule has 0 amide bonds. The van der Waals surface area contributed by atoms with Crippen molar-refractivity contribution in [1.29, 1.82) is 0 Å². The van der Waals surface area contributed by atoms with E-state index in [4.69, 9.17) is 19.9 Å². The van der Waals surface area contributed by atoms with Gasteiger partial charge in [0, 0.05) is 0 Å². The van der Waals surface area contributed by atoms with E-state index in [9.17, 15) is 0 Å². The third kappa shape index (κ3) is 3.30. The predicted molar refractivity (Wildman–Crippen MR) is 163 cm³/mol. The third-order valence-corrected chi connectivity index (χ3v) is 13.8. The van der Waals surface area contributed by atoms with Gasteiger partial charge in [0.15, 0.2) is 0 Å². The molecule has 4 aromatic carbocycles. The predicted octanol–water partition coefficient (Wildman–Crippen LogP) is 5.51. The van der Waals surface area contributed by atoms with Gasteiger partial charge in [-0.15, -0.1) is 0 Å². The summed E-state index contributed by atoms with van der Waals surface area (Å²) in [6, 6.07) is 35.6. The zero-order valence-corrected chi connectivity index (χ0v) is 23.2. The van der Waals surface area contributed by atoms with E-state index >= 15 is 0 Å². The maximum atomic E-state index is 5.14. The molecule has 4 aromatic heterocycles. The standard InChI is InChI=1S/C32H20N5PSe/c39-38(22-11-2-1-3-12-22,32-34-18-21-10-4-6-14-25(21)36-32)29-20-33-19-24-30(29)23-13-5-8-16-27(23)37-28-17-9-7-15-26(28)35-31(24)37/h1-20H. The van der Waals surface area contributed by atoms with Crippen LogP contribution < -0.4 is 16.2 Å². The van der Waals surface area contributed by atoms with Crippen molar-refractivity contribution in [1.82, 2.24) is 24.3 Å². The van der Waals surface area contributed by atoms with Crippen LogP contribution >= 0.6 is 5.51 Å². The molecule has 8 rings (SSSR count). The van der Waals surface area contributed by atoms with Crippen LogP contribution in [0.3, 0.4) is 0 Å². The Morgan fingerprint density at radius 1 is 0.615 bits per heavy atom. The van der Waals surface area contributed by atoms with Gasteiger partial charge in [0.25, 0.3) is 0 Å². The van der Waals surface area contributed by atoms with E-state index in [1.807, 2.05) is 55.0 Å². The van der Waals surface area contributed by atoms with Gasteiger partial charge in [-0.3, -0.25) is 0 Å². The molecule has 0 aliphatic heterocycles. The van der Waals surface area contributed by atoms with Crippen LogP contribution in [-0.4, -0.2) is 39.4 Å². The normalized spacial score (nSPS) is 13.4. The maximum absolute atomic E-state index is 5.14. The summed E-state index contributed by atoms with van der Waals surface area (Å²) in [4.78, 5) is 20.0. The first-order valence-corrected chi connectivity index (χ1v) is 16.7. The van der Waals surface area contributed by atoms with Crippen molar-refractivity contribution in [3.8, 4) is 0 Å². The van der Waals surface area contributed by atoms with Crippen LogP contribution in [0.4, 0.5) is 0 Å². The van der Waals surface area contributed by atoms with Crippen LogP contribution in [0.5, 0.6) is 0 Å². The molecule has 0 aliphatic rings. The van der Waals surface area contributed by atoms with Crippen LogP contribution in [-0.2, 0) is 0 Å². The van der Waals surface area contributed by atoms with Crippen molar-refractivity contribution in [3.63, 3.8) is 0 Å². The fourth-order valence-corrected chi connectivity index (χ4v) is 10.3. The summed E-state index contributed by atoms with van der Waals surface area (Å²) in [5.41, 5.74) is 3.34. The number of para-hydroxylation sites is 4. The molecule has 5 nitrogen and oxygen atoms in total. The van der Waals surface area contributed by atoms with Crippen molar-refractivity contribution in [3.05, 3.63) is 122 Å². The van der Waals surface area contributed by atoms with E-state index < -0.39 is 5.51 Å². The minimum atomic E-state index is -2.44. The Hall–Kier alpha value is -4.21. The molecule has 0 aliphatic carbocycles. The average Bonchev–Trinajstić information content (AvgIpc) is 3.41. The third-order valence-electron chi connectivity index (χ3n) is 7.36. The van der Waals surface area contributed by atoms with Gasteiger partial charge >= 0.3 is 232 Å². The molecule has 39 heavy (non-hydrogen) atoms. The second-order valence-electron chi connectivity index (χ2n) is 9.53. The molecule has 0 bridgehead atoms. The van der Waals surface area contributed by atoms with Gasteiger partial charge in [-0.05, 0) is 0 Å². The number of benzene rings is 4.